The first kappa shape index (κ1) is 23.5. The van der Waals surface area contributed by atoms with Crippen LogP contribution in [0.5, 0.6) is 0 Å². The monoisotopic (exact) mass is 501 g/mol. The molecule has 7 rings (SSSR count). The zero-order valence-corrected chi connectivity index (χ0v) is 20.0. The lowest BCUT2D eigenvalue weighted by Crippen LogP contribution is -2.55. The molecule has 7 nitrogen and oxygen atoms in total. The van der Waals surface area contributed by atoms with Gasteiger partial charge in [-0.2, -0.15) is 13.2 Å². The Labute approximate surface area is 207 Å². The van der Waals surface area contributed by atoms with Gasteiger partial charge in [0.05, 0.1) is 18.8 Å². The molecule has 4 bridgehead atoms. The third kappa shape index (κ3) is 4.63. The van der Waals surface area contributed by atoms with E-state index < -0.39 is 23.3 Å². The van der Waals surface area contributed by atoms with Gasteiger partial charge in [-0.15, -0.1) is 0 Å². The van der Waals surface area contributed by atoms with E-state index in [0.717, 1.165) is 44.2 Å². The van der Waals surface area contributed by atoms with E-state index in [1.807, 2.05) is 12.1 Å². The molecule has 2 N–H and O–H groups in total. The summed E-state index contributed by atoms with van der Waals surface area (Å²) in [5, 5.41) is 5.85. The number of amides is 1. The highest BCUT2D eigenvalue weighted by Crippen LogP contribution is 2.56. The molecule has 0 atom stereocenters. The molecular weight excluding hydrogens is 471 g/mol. The van der Waals surface area contributed by atoms with Gasteiger partial charge in [0.2, 0.25) is 5.95 Å². The van der Waals surface area contributed by atoms with Crippen molar-refractivity contribution in [3.8, 4) is 0 Å². The first-order chi connectivity index (χ1) is 17.3. The number of nitrogens with one attached hydrogen (secondary N) is 2. The molecule has 1 aromatic heterocycles. The van der Waals surface area contributed by atoms with Gasteiger partial charge in [0.1, 0.15) is 0 Å². The number of carbonyl (C=O) groups excluding carboxylic acids is 1. The van der Waals surface area contributed by atoms with Crippen LogP contribution in [0.2, 0.25) is 0 Å². The zero-order chi connectivity index (χ0) is 24.9. The Morgan fingerprint density at radius 2 is 1.61 bits per heavy atom. The average Bonchev–Trinajstić information content (AvgIpc) is 2.83. The number of anilines is 3. The molecule has 36 heavy (non-hydrogen) atoms. The van der Waals surface area contributed by atoms with Crippen LogP contribution < -0.4 is 15.5 Å². The van der Waals surface area contributed by atoms with Crippen molar-refractivity contribution in [2.24, 2.45) is 17.8 Å². The molecular formula is C26H30F3N5O2. The van der Waals surface area contributed by atoms with Crippen molar-refractivity contribution in [2.75, 3.05) is 41.8 Å². The summed E-state index contributed by atoms with van der Waals surface area (Å²) in [6.45, 7) is 2.82. The standard InChI is InChI=1S/C26H30F3N5O2/c27-26(28,29)22-21(23(35)31-19-1-3-20(4-2-19)34-5-7-36-8-6-34)15-30-24(32-22)33-25-12-16-9-17(13-25)11-18(10-16)14-25/h1-4,15-18H,5-14H2,(H,31,35)(H,30,32,33). The molecule has 1 amide bonds. The number of rotatable bonds is 5. The smallest absolute Gasteiger partial charge is 0.378 e. The summed E-state index contributed by atoms with van der Waals surface area (Å²) in [7, 11) is 0. The van der Waals surface area contributed by atoms with Crippen molar-refractivity contribution < 1.29 is 22.7 Å². The molecule has 2 aromatic rings. The molecule has 1 aliphatic heterocycles. The average molecular weight is 502 g/mol. The molecule has 1 aromatic carbocycles. The Bertz CT molecular complexity index is 1100. The Kier molecular flexibility index (Phi) is 5.81. The minimum atomic E-state index is -4.78. The molecule has 0 spiro atoms. The molecule has 4 aliphatic carbocycles. The largest absolute Gasteiger partial charge is 0.434 e. The number of nitrogens with zero attached hydrogens (tertiary/aromatic N) is 3. The SMILES string of the molecule is O=C(Nc1ccc(N2CCOCC2)cc1)c1cnc(NC23CC4CC(CC(C4)C2)C3)nc1C(F)(F)F. The molecule has 192 valence electrons. The van der Waals surface area contributed by atoms with Crippen molar-refractivity contribution in [1.82, 2.24) is 9.97 Å². The summed E-state index contributed by atoms with van der Waals surface area (Å²) in [5.41, 5.74) is -0.663. The summed E-state index contributed by atoms with van der Waals surface area (Å²) < 4.78 is 47.3. The number of morpholine rings is 1. The molecule has 4 saturated carbocycles. The van der Waals surface area contributed by atoms with Crippen LogP contribution in [0.1, 0.15) is 54.6 Å². The summed E-state index contributed by atoms with van der Waals surface area (Å²) in [6, 6.07) is 7.03. The number of hydrogen-bond acceptors (Lipinski definition) is 6. The highest BCUT2D eigenvalue weighted by atomic mass is 19.4. The minimum Gasteiger partial charge on any atom is -0.378 e. The lowest BCUT2D eigenvalue weighted by molar-refractivity contribution is -0.141. The van der Waals surface area contributed by atoms with Gasteiger partial charge in [-0.3, -0.25) is 4.79 Å². The van der Waals surface area contributed by atoms with Gasteiger partial charge in [0.25, 0.3) is 5.91 Å². The second kappa shape index (κ2) is 8.90. The van der Waals surface area contributed by atoms with Crippen molar-refractivity contribution in [3.63, 3.8) is 0 Å². The third-order valence-electron chi connectivity index (χ3n) is 8.22. The Morgan fingerprint density at radius 1 is 1.00 bits per heavy atom. The van der Waals surface area contributed by atoms with Crippen LogP contribution >= 0.6 is 0 Å². The summed E-state index contributed by atoms with van der Waals surface area (Å²) >= 11 is 0. The lowest BCUT2D eigenvalue weighted by Gasteiger charge is -2.56. The van der Waals surface area contributed by atoms with E-state index in [1.165, 1.54) is 19.3 Å². The molecule has 10 heteroatoms. The van der Waals surface area contributed by atoms with Gasteiger partial charge in [-0.25, -0.2) is 9.97 Å². The number of ether oxygens (including phenoxy) is 1. The predicted molar refractivity (Wildman–Crippen MR) is 129 cm³/mol. The van der Waals surface area contributed by atoms with Crippen molar-refractivity contribution in [1.29, 1.82) is 0 Å². The second-order valence-electron chi connectivity index (χ2n) is 10.9. The molecule has 0 unspecified atom stereocenters. The third-order valence-corrected chi connectivity index (χ3v) is 8.22. The van der Waals surface area contributed by atoms with Gasteiger partial charge in [0, 0.05) is 36.2 Å². The predicted octanol–water partition coefficient (Wildman–Crippen LogP) is 4.97. The van der Waals surface area contributed by atoms with Crippen LogP contribution in [0, 0.1) is 17.8 Å². The van der Waals surface area contributed by atoms with E-state index in [0.29, 0.717) is 36.7 Å². The number of hydrogen-bond donors (Lipinski definition) is 2. The van der Waals surface area contributed by atoms with Crippen molar-refractivity contribution in [2.45, 2.75) is 50.2 Å². The number of alkyl halides is 3. The first-order valence-electron chi connectivity index (χ1n) is 12.7. The van der Waals surface area contributed by atoms with Crippen molar-refractivity contribution >= 4 is 23.2 Å². The Hall–Kier alpha value is -2.88. The van der Waals surface area contributed by atoms with Crippen molar-refractivity contribution in [3.05, 3.63) is 41.7 Å². The van der Waals surface area contributed by atoms with Gasteiger partial charge < -0.3 is 20.3 Å². The van der Waals surface area contributed by atoms with Gasteiger partial charge in [-0.1, -0.05) is 0 Å². The van der Waals surface area contributed by atoms with Gasteiger partial charge in [0.15, 0.2) is 5.69 Å². The van der Waals surface area contributed by atoms with E-state index >= 15 is 0 Å². The van der Waals surface area contributed by atoms with Crippen LogP contribution in [0.3, 0.4) is 0 Å². The maximum atomic E-state index is 14.0. The summed E-state index contributed by atoms with van der Waals surface area (Å²) in [6.07, 6.45) is 2.74. The van der Waals surface area contributed by atoms with E-state index in [9.17, 15) is 18.0 Å². The number of halogens is 3. The van der Waals surface area contributed by atoms with Crippen LogP contribution in [0.15, 0.2) is 30.5 Å². The summed E-state index contributed by atoms with van der Waals surface area (Å²) in [5.74, 6) is 0.958. The second-order valence-corrected chi connectivity index (χ2v) is 10.9. The maximum Gasteiger partial charge on any atom is 0.434 e. The minimum absolute atomic E-state index is 0.0457. The van der Waals surface area contributed by atoms with Gasteiger partial charge >= 0.3 is 6.18 Å². The molecule has 1 saturated heterocycles. The quantitative estimate of drug-likeness (QED) is 0.603. The fourth-order valence-corrected chi connectivity index (χ4v) is 7.10. The first-order valence-corrected chi connectivity index (χ1v) is 12.7. The van der Waals surface area contributed by atoms with Crippen LogP contribution in [-0.4, -0.2) is 47.7 Å². The molecule has 5 aliphatic rings. The van der Waals surface area contributed by atoms with E-state index in [2.05, 4.69) is 25.5 Å². The number of aromatic nitrogens is 2. The van der Waals surface area contributed by atoms with Crippen LogP contribution in [-0.2, 0) is 10.9 Å². The highest BCUT2D eigenvalue weighted by molar-refractivity contribution is 6.05. The van der Waals surface area contributed by atoms with E-state index in [-0.39, 0.29) is 11.5 Å². The Morgan fingerprint density at radius 3 is 2.19 bits per heavy atom. The van der Waals surface area contributed by atoms with Gasteiger partial charge in [-0.05, 0) is 80.5 Å². The highest BCUT2D eigenvalue weighted by Gasteiger charge is 2.51. The number of benzene rings is 1. The van der Waals surface area contributed by atoms with E-state index in [1.54, 1.807) is 12.1 Å². The molecule has 0 radical (unpaired) electrons. The summed E-state index contributed by atoms with van der Waals surface area (Å²) in [4.78, 5) is 23.0. The fourth-order valence-electron chi connectivity index (χ4n) is 7.10. The van der Waals surface area contributed by atoms with Crippen LogP contribution in [0.25, 0.3) is 0 Å². The maximum absolute atomic E-state index is 14.0. The van der Waals surface area contributed by atoms with E-state index in [4.69, 9.17) is 4.74 Å². The van der Waals surface area contributed by atoms with Crippen LogP contribution in [0.4, 0.5) is 30.5 Å². The Balaban J connectivity index is 1.19. The molecule has 5 fully saturated rings. The topological polar surface area (TPSA) is 79.4 Å². The number of carbonyl (C=O) groups is 1. The normalized spacial score (nSPS) is 29.3. The molecule has 2 heterocycles. The lowest BCUT2D eigenvalue weighted by atomic mass is 9.53. The fraction of sp³-hybridized carbons (Fsp3) is 0.577. The zero-order valence-electron chi connectivity index (χ0n) is 20.0.